The van der Waals surface area contributed by atoms with Gasteiger partial charge in [0.15, 0.2) is 18.1 Å². The number of ether oxygens (including phenoxy) is 3. The van der Waals surface area contributed by atoms with Crippen molar-refractivity contribution in [2.45, 2.75) is 39.2 Å². The molecule has 35 heavy (non-hydrogen) atoms. The predicted octanol–water partition coefficient (Wildman–Crippen LogP) is 5.02. The van der Waals surface area contributed by atoms with E-state index in [1.54, 1.807) is 26.4 Å². The Morgan fingerprint density at radius 1 is 1.00 bits per heavy atom. The molecule has 0 radical (unpaired) electrons. The van der Waals surface area contributed by atoms with Crippen molar-refractivity contribution in [3.63, 3.8) is 0 Å². The number of para-hydroxylation sites is 1. The number of hydrogen-bond acceptors (Lipinski definition) is 6. The van der Waals surface area contributed by atoms with Crippen LogP contribution < -0.4 is 14.8 Å². The van der Waals surface area contributed by atoms with Gasteiger partial charge in [-0.25, -0.2) is 9.78 Å². The van der Waals surface area contributed by atoms with Crippen LogP contribution in [-0.2, 0) is 9.53 Å². The maximum Gasteiger partial charge on any atom is 0.339 e. The number of fused-ring (bicyclic) bond motifs is 1. The lowest BCUT2D eigenvalue weighted by molar-refractivity contribution is -0.125. The van der Waals surface area contributed by atoms with Crippen molar-refractivity contribution < 1.29 is 23.8 Å². The van der Waals surface area contributed by atoms with Crippen molar-refractivity contribution in [3.05, 3.63) is 54.1 Å². The highest BCUT2D eigenvalue weighted by molar-refractivity contribution is 6.05. The summed E-state index contributed by atoms with van der Waals surface area (Å²) in [5.41, 5.74) is 2.36. The van der Waals surface area contributed by atoms with Gasteiger partial charge in [-0.1, -0.05) is 44.9 Å². The predicted molar refractivity (Wildman–Crippen MR) is 135 cm³/mol. The third-order valence-corrected chi connectivity index (χ3v) is 7.00. The number of rotatable bonds is 7. The average molecular weight is 477 g/mol. The molecule has 1 saturated carbocycles. The highest BCUT2D eigenvalue weighted by Gasteiger charge is 2.28. The number of amides is 1. The fourth-order valence-electron chi connectivity index (χ4n) is 4.73. The van der Waals surface area contributed by atoms with Crippen molar-refractivity contribution in [2.75, 3.05) is 20.8 Å². The Kier molecular flexibility index (Phi) is 7.54. The van der Waals surface area contributed by atoms with E-state index < -0.39 is 5.97 Å². The second-order valence-electron chi connectivity index (χ2n) is 9.16. The van der Waals surface area contributed by atoms with Crippen molar-refractivity contribution in [1.82, 2.24) is 10.3 Å². The Balaban J connectivity index is 1.55. The number of carbonyl (C=O) groups excluding carboxylic acids is 2. The van der Waals surface area contributed by atoms with Gasteiger partial charge in [0.2, 0.25) is 0 Å². The van der Waals surface area contributed by atoms with Crippen LogP contribution in [0, 0.1) is 11.8 Å². The van der Waals surface area contributed by atoms with Crippen LogP contribution >= 0.6 is 0 Å². The smallest absolute Gasteiger partial charge is 0.339 e. The molecule has 3 aromatic rings. The lowest BCUT2D eigenvalue weighted by Crippen LogP contribution is -2.45. The SMILES string of the molecule is COc1ccc(-c2cc(C(=O)OCC(=O)N[C@@H]3CCC[C@@H](C)[C@@H]3C)c3ccccc3n2)cc1OC. The van der Waals surface area contributed by atoms with Crippen LogP contribution in [0.2, 0.25) is 0 Å². The quantitative estimate of drug-likeness (QED) is 0.482. The number of aromatic nitrogens is 1. The van der Waals surface area contributed by atoms with Gasteiger partial charge in [0.1, 0.15) is 0 Å². The van der Waals surface area contributed by atoms with Crippen molar-refractivity contribution >= 4 is 22.8 Å². The number of pyridine rings is 1. The van der Waals surface area contributed by atoms with E-state index in [1.807, 2.05) is 36.4 Å². The summed E-state index contributed by atoms with van der Waals surface area (Å²) in [6, 6.07) is 14.6. The zero-order chi connectivity index (χ0) is 24.9. The molecule has 0 unspecified atom stereocenters. The summed E-state index contributed by atoms with van der Waals surface area (Å²) in [7, 11) is 3.14. The Morgan fingerprint density at radius 2 is 1.77 bits per heavy atom. The molecule has 0 aliphatic heterocycles. The highest BCUT2D eigenvalue weighted by atomic mass is 16.5. The molecule has 0 spiro atoms. The molecule has 1 heterocycles. The van der Waals surface area contributed by atoms with Crippen LogP contribution in [0.25, 0.3) is 22.2 Å². The highest BCUT2D eigenvalue weighted by Crippen LogP contribution is 2.33. The van der Waals surface area contributed by atoms with Gasteiger partial charge in [-0.2, -0.15) is 0 Å². The van der Waals surface area contributed by atoms with Crippen LogP contribution in [0.1, 0.15) is 43.5 Å². The average Bonchev–Trinajstić information content (AvgIpc) is 2.88. The molecule has 1 fully saturated rings. The molecule has 1 amide bonds. The van der Waals surface area contributed by atoms with Crippen molar-refractivity contribution in [2.24, 2.45) is 11.8 Å². The first-order valence-electron chi connectivity index (χ1n) is 12.0. The molecule has 2 aromatic carbocycles. The van der Waals surface area contributed by atoms with E-state index in [-0.39, 0.29) is 18.6 Å². The number of benzene rings is 2. The first-order chi connectivity index (χ1) is 16.9. The third kappa shape index (κ3) is 5.39. The Morgan fingerprint density at radius 3 is 2.54 bits per heavy atom. The lowest BCUT2D eigenvalue weighted by atomic mass is 9.78. The minimum atomic E-state index is -0.564. The van der Waals surface area contributed by atoms with Crippen LogP contribution in [0.4, 0.5) is 0 Å². The first kappa shape index (κ1) is 24.5. The normalized spacial score (nSPS) is 19.7. The molecule has 1 aliphatic carbocycles. The molecule has 0 saturated heterocycles. The topological polar surface area (TPSA) is 86.8 Å². The maximum absolute atomic E-state index is 13.1. The Labute approximate surface area is 205 Å². The van der Waals surface area contributed by atoms with Gasteiger partial charge < -0.3 is 19.5 Å². The van der Waals surface area contributed by atoms with Crippen LogP contribution in [0.15, 0.2) is 48.5 Å². The summed E-state index contributed by atoms with van der Waals surface area (Å²) < 4.78 is 16.2. The molecule has 3 atom stereocenters. The molecule has 1 N–H and O–H groups in total. The van der Waals surface area contributed by atoms with E-state index in [0.29, 0.717) is 45.5 Å². The van der Waals surface area contributed by atoms with E-state index >= 15 is 0 Å². The molecule has 1 aliphatic rings. The number of esters is 1. The standard InChI is InChI=1S/C28H32N2O5/c1-17-8-7-11-22(18(17)2)30-27(31)16-35-28(32)21-15-24(29-23-10-6-5-9-20(21)23)19-12-13-25(33-3)26(14-19)34-4/h5-6,9-10,12-15,17-18,22H,7-8,11,16H2,1-4H3,(H,30,31)/t17-,18+,22-/m1/s1. The van der Waals surface area contributed by atoms with Crippen LogP contribution in [-0.4, -0.2) is 43.7 Å². The van der Waals surface area contributed by atoms with Gasteiger partial charge in [-0.05, 0) is 48.6 Å². The van der Waals surface area contributed by atoms with Gasteiger partial charge in [-0.15, -0.1) is 0 Å². The van der Waals surface area contributed by atoms with Crippen LogP contribution in [0.5, 0.6) is 11.5 Å². The summed E-state index contributed by atoms with van der Waals surface area (Å²) >= 11 is 0. The largest absolute Gasteiger partial charge is 0.493 e. The monoisotopic (exact) mass is 476 g/mol. The molecule has 1 aromatic heterocycles. The summed E-state index contributed by atoms with van der Waals surface area (Å²) in [6.45, 7) is 4.06. The lowest BCUT2D eigenvalue weighted by Gasteiger charge is -2.34. The summed E-state index contributed by atoms with van der Waals surface area (Å²) in [6.07, 6.45) is 3.23. The Bertz CT molecular complexity index is 1230. The molecule has 7 nitrogen and oxygen atoms in total. The van der Waals surface area contributed by atoms with E-state index in [9.17, 15) is 9.59 Å². The molecular formula is C28H32N2O5. The number of carbonyl (C=O) groups is 2. The van der Waals surface area contributed by atoms with Gasteiger partial charge >= 0.3 is 5.97 Å². The zero-order valence-electron chi connectivity index (χ0n) is 20.7. The maximum atomic E-state index is 13.1. The summed E-state index contributed by atoms with van der Waals surface area (Å²) in [4.78, 5) is 30.4. The molecule has 184 valence electrons. The minimum absolute atomic E-state index is 0.114. The molecular weight excluding hydrogens is 444 g/mol. The van der Waals surface area contributed by atoms with Gasteiger partial charge in [0, 0.05) is 17.0 Å². The Hall–Kier alpha value is -3.61. The molecule has 4 rings (SSSR count). The van der Waals surface area contributed by atoms with E-state index in [1.165, 1.54) is 6.42 Å². The number of hydrogen-bond donors (Lipinski definition) is 1. The van der Waals surface area contributed by atoms with Gasteiger partial charge in [0.25, 0.3) is 5.91 Å². The van der Waals surface area contributed by atoms with Crippen molar-refractivity contribution in [3.8, 4) is 22.8 Å². The number of nitrogens with one attached hydrogen (secondary N) is 1. The van der Waals surface area contributed by atoms with Crippen LogP contribution in [0.3, 0.4) is 0 Å². The third-order valence-electron chi connectivity index (χ3n) is 7.00. The fourth-order valence-corrected chi connectivity index (χ4v) is 4.73. The molecule has 0 bridgehead atoms. The van der Waals surface area contributed by atoms with Gasteiger partial charge in [0.05, 0.1) is 31.0 Å². The summed E-state index contributed by atoms with van der Waals surface area (Å²) in [5.74, 6) is 1.29. The van der Waals surface area contributed by atoms with Crippen molar-refractivity contribution in [1.29, 1.82) is 0 Å². The zero-order valence-corrected chi connectivity index (χ0v) is 20.7. The minimum Gasteiger partial charge on any atom is -0.493 e. The fraction of sp³-hybridized carbons (Fsp3) is 0.393. The van der Waals surface area contributed by atoms with E-state index in [4.69, 9.17) is 19.2 Å². The van der Waals surface area contributed by atoms with Gasteiger partial charge in [-0.3, -0.25) is 4.79 Å². The molecule has 7 heteroatoms. The van der Waals surface area contributed by atoms with E-state index in [2.05, 4.69) is 19.2 Å². The second kappa shape index (κ2) is 10.8. The van der Waals surface area contributed by atoms with E-state index in [0.717, 1.165) is 18.4 Å². The second-order valence-corrected chi connectivity index (χ2v) is 9.16. The number of nitrogens with zero attached hydrogens (tertiary/aromatic N) is 1. The first-order valence-corrected chi connectivity index (χ1v) is 12.0. The summed E-state index contributed by atoms with van der Waals surface area (Å²) in [5, 5.41) is 3.71. The number of methoxy groups -OCH3 is 2.